The molecule has 2 aromatic carbocycles. The maximum Gasteiger partial charge on any atom is 0.237 e. The van der Waals surface area contributed by atoms with E-state index in [1.54, 1.807) is 31.2 Å². The van der Waals surface area contributed by atoms with Crippen LogP contribution in [0.15, 0.2) is 58.3 Å². The van der Waals surface area contributed by atoms with Crippen LogP contribution in [0, 0.1) is 0 Å². The minimum absolute atomic E-state index is 0.156. The van der Waals surface area contributed by atoms with E-state index >= 15 is 0 Å². The van der Waals surface area contributed by atoms with Gasteiger partial charge in [-0.1, -0.05) is 11.6 Å². The van der Waals surface area contributed by atoms with Crippen LogP contribution in [-0.4, -0.2) is 25.8 Å². The highest BCUT2D eigenvalue weighted by molar-refractivity contribution is 8.00. The van der Waals surface area contributed by atoms with Crippen molar-refractivity contribution in [3.8, 4) is 0 Å². The number of carbonyl (C=O) groups excluding carboxylic acids is 1. The summed E-state index contributed by atoms with van der Waals surface area (Å²) in [7, 11) is -3.24. The molecule has 122 valence electrons. The van der Waals surface area contributed by atoms with Crippen molar-refractivity contribution in [2.75, 3.05) is 11.6 Å². The van der Waals surface area contributed by atoms with Gasteiger partial charge in [0.15, 0.2) is 9.84 Å². The Kier molecular flexibility index (Phi) is 5.73. The first-order valence-electron chi connectivity index (χ1n) is 6.79. The van der Waals surface area contributed by atoms with Gasteiger partial charge in [-0.25, -0.2) is 8.42 Å². The Labute approximate surface area is 145 Å². The van der Waals surface area contributed by atoms with Crippen LogP contribution in [0.2, 0.25) is 5.02 Å². The Morgan fingerprint density at radius 3 is 2.17 bits per heavy atom. The maximum atomic E-state index is 12.2. The van der Waals surface area contributed by atoms with E-state index in [1.807, 2.05) is 12.1 Å². The zero-order valence-electron chi connectivity index (χ0n) is 12.6. The first kappa shape index (κ1) is 17.8. The number of carbonyl (C=O) groups is 1. The fourth-order valence-corrected chi connectivity index (χ4v) is 3.42. The number of anilines is 1. The number of nitrogens with one attached hydrogen (secondary N) is 1. The number of rotatable bonds is 5. The molecule has 0 aliphatic heterocycles. The Morgan fingerprint density at radius 1 is 1.09 bits per heavy atom. The molecule has 0 fully saturated rings. The third-order valence-electron chi connectivity index (χ3n) is 3.05. The number of halogens is 1. The molecule has 0 saturated heterocycles. The summed E-state index contributed by atoms with van der Waals surface area (Å²) in [4.78, 5) is 13.4. The van der Waals surface area contributed by atoms with Crippen LogP contribution in [0.1, 0.15) is 6.92 Å². The molecule has 7 heteroatoms. The molecule has 23 heavy (non-hydrogen) atoms. The molecule has 0 unspecified atom stereocenters. The number of benzene rings is 2. The monoisotopic (exact) mass is 369 g/mol. The average molecular weight is 370 g/mol. The number of thioether (sulfide) groups is 1. The summed E-state index contributed by atoms with van der Waals surface area (Å²) in [5.41, 5.74) is 0.561. The molecule has 0 heterocycles. The van der Waals surface area contributed by atoms with Gasteiger partial charge in [0.05, 0.1) is 10.1 Å². The second-order valence-electron chi connectivity index (χ2n) is 5.00. The van der Waals surface area contributed by atoms with Crippen molar-refractivity contribution in [3.63, 3.8) is 0 Å². The SMILES string of the molecule is C[C@H](Sc1ccc(Cl)cc1)C(=O)Nc1ccc(S(C)(=O)=O)cc1. The summed E-state index contributed by atoms with van der Waals surface area (Å²) in [5.74, 6) is -0.156. The quantitative estimate of drug-likeness (QED) is 0.813. The van der Waals surface area contributed by atoms with Crippen LogP contribution in [0.25, 0.3) is 0 Å². The molecule has 0 spiro atoms. The van der Waals surface area contributed by atoms with Gasteiger partial charge < -0.3 is 5.32 Å². The molecule has 0 bridgehead atoms. The van der Waals surface area contributed by atoms with Gasteiger partial charge in [-0.2, -0.15) is 0 Å². The molecule has 1 amide bonds. The first-order chi connectivity index (χ1) is 10.8. The lowest BCUT2D eigenvalue weighted by molar-refractivity contribution is -0.115. The largest absolute Gasteiger partial charge is 0.325 e. The van der Waals surface area contributed by atoms with Gasteiger partial charge in [-0.3, -0.25) is 4.79 Å². The molecule has 1 N–H and O–H groups in total. The molecular formula is C16H16ClNO3S2. The third kappa shape index (κ3) is 5.27. The lowest BCUT2D eigenvalue weighted by Gasteiger charge is -2.12. The summed E-state index contributed by atoms with van der Waals surface area (Å²) < 4.78 is 22.8. The summed E-state index contributed by atoms with van der Waals surface area (Å²) in [6.45, 7) is 1.81. The Bertz CT molecular complexity index is 787. The number of hydrogen-bond acceptors (Lipinski definition) is 4. The number of sulfone groups is 1. The van der Waals surface area contributed by atoms with Crippen LogP contribution in [0.5, 0.6) is 0 Å². The zero-order valence-corrected chi connectivity index (χ0v) is 15.0. The number of amides is 1. The molecule has 0 aliphatic carbocycles. The molecular weight excluding hydrogens is 354 g/mol. The smallest absolute Gasteiger partial charge is 0.237 e. The lowest BCUT2D eigenvalue weighted by Crippen LogP contribution is -2.22. The highest BCUT2D eigenvalue weighted by atomic mass is 35.5. The minimum Gasteiger partial charge on any atom is -0.325 e. The molecule has 2 rings (SSSR count). The van der Waals surface area contributed by atoms with Crippen LogP contribution in [0.3, 0.4) is 0 Å². The molecule has 0 saturated carbocycles. The first-order valence-corrected chi connectivity index (χ1v) is 9.94. The van der Waals surface area contributed by atoms with Crippen LogP contribution >= 0.6 is 23.4 Å². The Hall–Kier alpha value is -1.50. The average Bonchev–Trinajstić information content (AvgIpc) is 2.49. The van der Waals surface area contributed by atoms with Gasteiger partial charge in [-0.15, -0.1) is 11.8 Å². The normalized spacial score (nSPS) is 12.7. The molecule has 0 radical (unpaired) electrons. The second-order valence-corrected chi connectivity index (χ2v) is 8.87. The predicted octanol–water partition coefficient (Wildman–Crippen LogP) is 3.86. The predicted molar refractivity (Wildman–Crippen MR) is 95.0 cm³/mol. The highest BCUT2D eigenvalue weighted by Crippen LogP contribution is 2.25. The standard InChI is InChI=1S/C16H16ClNO3S2/c1-11(22-14-7-3-12(17)4-8-14)16(19)18-13-5-9-15(10-6-13)23(2,20)21/h3-11H,1-2H3,(H,18,19)/t11-/m0/s1. The molecule has 0 aromatic heterocycles. The van der Waals surface area contributed by atoms with Crippen molar-refractivity contribution >= 4 is 44.8 Å². The van der Waals surface area contributed by atoms with Crippen molar-refractivity contribution < 1.29 is 13.2 Å². The summed E-state index contributed by atoms with van der Waals surface area (Å²) in [6, 6.07) is 13.4. The van der Waals surface area contributed by atoms with Crippen LogP contribution in [-0.2, 0) is 14.6 Å². The van der Waals surface area contributed by atoms with Gasteiger partial charge in [0.1, 0.15) is 0 Å². The van der Waals surface area contributed by atoms with Gasteiger partial charge in [0.25, 0.3) is 0 Å². The van der Waals surface area contributed by atoms with Crippen molar-refractivity contribution in [2.24, 2.45) is 0 Å². The van der Waals surface area contributed by atoms with Crippen molar-refractivity contribution in [3.05, 3.63) is 53.6 Å². The Balaban J connectivity index is 1.99. The van der Waals surface area contributed by atoms with Gasteiger partial charge in [0, 0.05) is 21.9 Å². The number of hydrogen-bond donors (Lipinski definition) is 1. The van der Waals surface area contributed by atoms with E-state index in [-0.39, 0.29) is 16.1 Å². The highest BCUT2D eigenvalue weighted by Gasteiger charge is 2.15. The van der Waals surface area contributed by atoms with Crippen molar-refractivity contribution in [1.82, 2.24) is 0 Å². The third-order valence-corrected chi connectivity index (χ3v) is 5.54. The van der Waals surface area contributed by atoms with Crippen molar-refractivity contribution in [2.45, 2.75) is 22.0 Å². The van der Waals surface area contributed by atoms with E-state index in [0.717, 1.165) is 11.2 Å². The molecule has 4 nitrogen and oxygen atoms in total. The van der Waals surface area contributed by atoms with Crippen LogP contribution < -0.4 is 5.32 Å². The minimum atomic E-state index is -3.24. The maximum absolute atomic E-state index is 12.2. The topological polar surface area (TPSA) is 63.2 Å². The van der Waals surface area contributed by atoms with Gasteiger partial charge in [0.2, 0.25) is 5.91 Å². The van der Waals surface area contributed by atoms with Gasteiger partial charge in [-0.05, 0) is 55.5 Å². The second kappa shape index (κ2) is 7.38. The van der Waals surface area contributed by atoms with E-state index in [2.05, 4.69) is 5.32 Å². The van der Waals surface area contributed by atoms with Gasteiger partial charge >= 0.3 is 0 Å². The van der Waals surface area contributed by atoms with E-state index in [9.17, 15) is 13.2 Å². The van der Waals surface area contributed by atoms with Crippen molar-refractivity contribution in [1.29, 1.82) is 0 Å². The van der Waals surface area contributed by atoms with E-state index < -0.39 is 9.84 Å². The van der Waals surface area contributed by atoms with E-state index in [4.69, 9.17) is 11.6 Å². The Morgan fingerprint density at radius 2 is 1.65 bits per heavy atom. The van der Waals surface area contributed by atoms with E-state index in [0.29, 0.717) is 10.7 Å². The summed E-state index contributed by atoms with van der Waals surface area (Å²) in [6.07, 6.45) is 1.14. The molecule has 0 aliphatic rings. The molecule has 2 aromatic rings. The summed E-state index contributed by atoms with van der Waals surface area (Å²) >= 11 is 7.25. The zero-order chi connectivity index (χ0) is 17.0. The van der Waals surface area contributed by atoms with E-state index in [1.165, 1.54) is 23.9 Å². The molecule has 1 atom stereocenters. The fourth-order valence-electron chi connectivity index (χ4n) is 1.80. The summed E-state index contributed by atoms with van der Waals surface area (Å²) in [5, 5.41) is 3.12. The fraction of sp³-hybridized carbons (Fsp3) is 0.188. The lowest BCUT2D eigenvalue weighted by atomic mass is 10.3. The van der Waals surface area contributed by atoms with Crippen LogP contribution in [0.4, 0.5) is 5.69 Å².